The number of amides is 1. The lowest BCUT2D eigenvalue weighted by atomic mass is 9.82. The van der Waals surface area contributed by atoms with Crippen LogP contribution in [0.25, 0.3) is 10.8 Å². The first-order chi connectivity index (χ1) is 14.0. The third kappa shape index (κ3) is 4.64. The number of nitrogens with zero attached hydrogens (tertiary/aromatic N) is 2. The van der Waals surface area contributed by atoms with E-state index in [0.29, 0.717) is 5.92 Å². The van der Waals surface area contributed by atoms with Gasteiger partial charge in [-0.3, -0.25) is 9.69 Å². The van der Waals surface area contributed by atoms with E-state index >= 15 is 0 Å². The summed E-state index contributed by atoms with van der Waals surface area (Å²) in [5.41, 5.74) is 1.42. The zero-order valence-corrected chi connectivity index (χ0v) is 18.8. The number of hydrogen-bond acceptors (Lipinski definition) is 3. The molecule has 4 rings (SSSR count). The molecule has 0 spiro atoms. The molecule has 156 valence electrons. The lowest BCUT2D eigenvalue weighted by molar-refractivity contribution is -0.136. The number of benzene rings is 2. The fourth-order valence-electron chi connectivity index (χ4n) is 5.18. The summed E-state index contributed by atoms with van der Waals surface area (Å²) in [5, 5.41) is 3.45. The summed E-state index contributed by atoms with van der Waals surface area (Å²) < 4.78 is 0. The van der Waals surface area contributed by atoms with Crippen LogP contribution in [0.3, 0.4) is 0 Å². The summed E-state index contributed by atoms with van der Waals surface area (Å²) in [7, 11) is 3.80. The van der Waals surface area contributed by atoms with Crippen molar-refractivity contribution in [2.24, 2.45) is 5.92 Å². The van der Waals surface area contributed by atoms with Crippen LogP contribution in [-0.4, -0.2) is 59.9 Å². The molecule has 2 aromatic rings. The summed E-state index contributed by atoms with van der Waals surface area (Å²) in [4.78, 5) is 17.3. The fraction of sp³-hybridized carbons (Fsp3) is 0.560. The van der Waals surface area contributed by atoms with Gasteiger partial charge in [0, 0.05) is 19.3 Å². The van der Waals surface area contributed by atoms with Crippen LogP contribution in [-0.2, 0) is 4.79 Å². The molecule has 2 saturated heterocycles. The number of likely N-dealkylation sites (tertiary alicyclic amines) is 1. The Bertz CT molecular complexity index is 846. The minimum absolute atomic E-state index is 0.00852. The molecule has 0 saturated carbocycles. The van der Waals surface area contributed by atoms with Crippen molar-refractivity contribution in [3.05, 3.63) is 48.0 Å². The Labute approximate surface area is 179 Å². The lowest BCUT2D eigenvalue weighted by Crippen LogP contribution is -2.51. The summed E-state index contributed by atoms with van der Waals surface area (Å²) in [5.74, 6) is 2.83. The van der Waals surface area contributed by atoms with E-state index in [-0.39, 0.29) is 11.9 Å². The molecule has 2 aliphatic rings. The Hall–Kier alpha value is -1.52. The van der Waals surface area contributed by atoms with Gasteiger partial charge in [-0.05, 0) is 72.7 Å². The number of likely N-dealkylation sites (N-methyl/N-ethyl adjacent to an activating group) is 1. The molecule has 2 heterocycles. The van der Waals surface area contributed by atoms with Crippen molar-refractivity contribution in [3.63, 3.8) is 0 Å². The monoisotopic (exact) mass is 410 g/mol. The second-order valence-corrected chi connectivity index (χ2v) is 10.6. The molecular formula is C25H34N2OS. The van der Waals surface area contributed by atoms with Crippen LogP contribution < -0.4 is 0 Å². The maximum Gasteiger partial charge on any atom is 0.239 e. The molecule has 4 unspecified atom stereocenters. The number of fused-ring (bicyclic) bond motifs is 1. The van der Waals surface area contributed by atoms with Crippen molar-refractivity contribution < 1.29 is 4.79 Å². The molecule has 4 atom stereocenters. The predicted octanol–water partition coefficient (Wildman–Crippen LogP) is 5.01. The van der Waals surface area contributed by atoms with Crippen LogP contribution in [0.4, 0.5) is 0 Å². The zero-order valence-electron chi connectivity index (χ0n) is 18.0. The van der Waals surface area contributed by atoms with Crippen molar-refractivity contribution in [3.8, 4) is 0 Å². The Balaban J connectivity index is 1.51. The van der Waals surface area contributed by atoms with Gasteiger partial charge >= 0.3 is 0 Å². The molecule has 0 radical (unpaired) electrons. The second-order valence-electron chi connectivity index (χ2n) is 9.11. The molecule has 3 nitrogen and oxygen atoms in total. The van der Waals surface area contributed by atoms with Crippen molar-refractivity contribution in [1.82, 2.24) is 9.80 Å². The van der Waals surface area contributed by atoms with Crippen LogP contribution >= 0.6 is 11.8 Å². The molecule has 0 N–H and O–H groups in total. The topological polar surface area (TPSA) is 23.6 Å². The van der Waals surface area contributed by atoms with Gasteiger partial charge < -0.3 is 4.90 Å². The molecule has 2 aliphatic heterocycles. The Morgan fingerprint density at radius 2 is 1.93 bits per heavy atom. The molecular weight excluding hydrogens is 376 g/mol. The van der Waals surface area contributed by atoms with Gasteiger partial charge in [-0.15, -0.1) is 0 Å². The van der Waals surface area contributed by atoms with E-state index in [2.05, 4.69) is 66.1 Å². The fourth-order valence-corrected chi connectivity index (χ4v) is 6.49. The molecule has 2 aromatic carbocycles. The summed E-state index contributed by atoms with van der Waals surface area (Å²) in [6.45, 7) is 4.43. The Kier molecular flexibility index (Phi) is 6.50. The van der Waals surface area contributed by atoms with E-state index in [1.54, 1.807) is 4.90 Å². The number of hydrogen-bond donors (Lipinski definition) is 0. The van der Waals surface area contributed by atoms with Crippen LogP contribution in [0.2, 0.25) is 0 Å². The summed E-state index contributed by atoms with van der Waals surface area (Å²) in [6, 6.07) is 15.3. The predicted molar refractivity (Wildman–Crippen MR) is 125 cm³/mol. The average Bonchev–Trinajstić information content (AvgIpc) is 3.16. The molecule has 0 bridgehead atoms. The Morgan fingerprint density at radius 1 is 1.14 bits per heavy atom. The SMILES string of the molecule is CC1CC(CCN2CCC(c3cccc4ccccc34)CC2C(=O)N(C)C)CS1. The molecule has 29 heavy (non-hydrogen) atoms. The largest absolute Gasteiger partial charge is 0.347 e. The zero-order chi connectivity index (χ0) is 20.4. The minimum atomic E-state index is 0.00852. The molecule has 4 heteroatoms. The maximum atomic E-state index is 13.1. The molecule has 0 aromatic heterocycles. The van der Waals surface area contributed by atoms with Gasteiger partial charge in [0.05, 0.1) is 6.04 Å². The first kappa shape index (κ1) is 20.7. The maximum absolute atomic E-state index is 13.1. The minimum Gasteiger partial charge on any atom is -0.347 e. The average molecular weight is 411 g/mol. The third-order valence-corrected chi connectivity index (χ3v) is 8.23. The van der Waals surface area contributed by atoms with Gasteiger partial charge in [0.25, 0.3) is 0 Å². The molecule has 1 amide bonds. The van der Waals surface area contributed by atoms with Crippen molar-refractivity contribution in [2.45, 2.75) is 49.8 Å². The normalized spacial score (nSPS) is 28.0. The van der Waals surface area contributed by atoms with Gasteiger partial charge in [-0.2, -0.15) is 11.8 Å². The number of carbonyl (C=O) groups excluding carboxylic acids is 1. The molecule has 2 fully saturated rings. The number of thioether (sulfide) groups is 1. The summed E-state index contributed by atoms with van der Waals surface area (Å²) in [6.07, 6.45) is 4.64. The highest BCUT2D eigenvalue weighted by atomic mass is 32.2. The quantitative estimate of drug-likeness (QED) is 0.692. The highest BCUT2D eigenvalue weighted by Gasteiger charge is 2.35. The highest BCUT2D eigenvalue weighted by molar-refractivity contribution is 8.00. The lowest BCUT2D eigenvalue weighted by Gasteiger charge is -2.40. The van der Waals surface area contributed by atoms with E-state index in [0.717, 1.165) is 37.1 Å². The van der Waals surface area contributed by atoms with Crippen LogP contribution in [0.15, 0.2) is 42.5 Å². The van der Waals surface area contributed by atoms with E-state index in [9.17, 15) is 4.79 Å². The highest BCUT2D eigenvalue weighted by Crippen LogP contribution is 2.37. The number of carbonyl (C=O) groups is 1. The van der Waals surface area contributed by atoms with Gasteiger partial charge in [-0.1, -0.05) is 49.4 Å². The van der Waals surface area contributed by atoms with Gasteiger partial charge in [0.1, 0.15) is 0 Å². The first-order valence-corrected chi connectivity index (χ1v) is 12.1. The second kappa shape index (κ2) is 9.09. The first-order valence-electron chi connectivity index (χ1n) is 11.1. The van der Waals surface area contributed by atoms with Crippen molar-refractivity contribution in [2.75, 3.05) is 32.9 Å². The van der Waals surface area contributed by atoms with Crippen LogP contribution in [0.1, 0.15) is 44.1 Å². The number of piperidine rings is 1. The third-order valence-electron chi connectivity index (χ3n) is 6.81. The standard InChI is InChI=1S/C25H34N2OS/c1-18-15-19(17-29-18)11-13-27-14-12-21(16-24(27)25(28)26(2)3)23-10-6-8-20-7-4-5-9-22(20)23/h4-10,18-19,21,24H,11-17H2,1-3H3. The molecule has 0 aliphatic carbocycles. The number of rotatable bonds is 5. The van der Waals surface area contributed by atoms with Crippen molar-refractivity contribution >= 4 is 28.4 Å². The van der Waals surface area contributed by atoms with Gasteiger partial charge in [-0.25, -0.2) is 0 Å². The van der Waals surface area contributed by atoms with Crippen LogP contribution in [0, 0.1) is 5.92 Å². The summed E-state index contributed by atoms with van der Waals surface area (Å²) >= 11 is 2.11. The van der Waals surface area contributed by atoms with Gasteiger partial charge in [0.2, 0.25) is 5.91 Å². The Morgan fingerprint density at radius 3 is 2.69 bits per heavy atom. The van der Waals surface area contributed by atoms with E-state index in [1.165, 1.54) is 34.9 Å². The van der Waals surface area contributed by atoms with Gasteiger partial charge in [0.15, 0.2) is 0 Å². The van der Waals surface area contributed by atoms with Crippen molar-refractivity contribution in [1.29, 1.82) is 0 Å². The van der Waals surface area contributed by atoms with E-state index in [4.69, 9.17) is 0 Å². The van der Waals surface area contributed by atoms with Crippen LogP contribution in [0.5, 0.6) is 0 Å². The van der Waals surface area contributed by atoms with E-state index in [1.807, 2.05) is 14.1 Å². The van der Waals surface area contributed by atoms with E-state index < -0.39 is 0 Å². The smallest absolute Gasteiger partial charge is 0.239 e.